The number of nitrogens with zero attached hydrogens (tertiary/aromatic N) is 1. The first kappa shape index (κ1) is 18.3. The van der Waals surface area contributed by atoms with E-state index in [-0.39, 0.29) is 11.8 Å². The molecule has 3 aliphatic rings. The molecule has 0 radical (unpaired) electrons. The summed E-state index contributed by atoms with van der Waals surface area (Å²) in [7, 11) is 0. The van der Waals surface area contributed by atoms with Gasteiger partial charge in [-0.1, -0.05) is 38.1 Å². The van der Waals surface area contributed by atoms with Crippen molar-refractivity contribution in [2.45, 2.75) is 51.4 Å². The Labute approximate surface area is 161 Å². The quantitative estimate of drug-likeness (QED) is 0.883. The fourth-order valence-electron chi connectivity index (χ4n) is 4.89. The van der Waals surface area contributed by atoms with Crippen molar-refractivity contribution >= 4 is 12.0 Å². The molecule has 1 N–H and O–H groups in total. The van der Waals surface area contributed by atoms with Crippen LogP contribution in [0.1, 0.15) is 62.5 Å². The SMILES string of the molecule is CC(C)c1cccc(C2CC3(C2)CN(C(=O)[C@@H]2CCCOC(=O)NC2)C3)c1. The minimum atomic E-state index is -0.405. The fraction of sp³-hybridized carbons (Fsp3) is 0.636. The van der Waals surface area contributed by atoms with Gasteiger partial charge in [0.1, 0.15) is 0 Å². The summed E-state index contributed by atoms with van der Waals surface area (Å²) < 4.78 is 4.97. The molecule has 2 aliphatic heterocycles. The van der Waals surface area contributed by atoms with E-state index in [2.05, 4.69) is 43.4 Å². The standard InChI is InChI=1S/C22H30N2O3/c1-15(2)16-5-3-6-17(9-16)19-10-22(11-19)13-24(14-22)20(25)18-7-4-8-27-21(26)23-12-18/h3,5-6,9,15,18-19H,4,7-8,10-14H2,1-2H3,(H,23,26)/t18-/m1/s1. The Kier molecular flexibility index (Phi) is 4.87. The Hall–Kier alpha value is -2.04. The molecule has 5 heteroatoms. The van der Waals surface area contributed by atoms with Gasteiger partial charge in [0.05, 0.1) is 12.5 Å². The molecule has 1 saturated carbocycles. The summed E-state index contributed by atoms with van der Waals surface area (Å²) in [5.41, 5.74) is 3.20. The molecule has 0 unspecified atom stereocenters. The van der Waals surface area contributed by atoms with Crippen LogP contribution >= 0.6 is 0 Å². The first-order chi connectivity index (χ1) is 13.0. The zero-order chi connectivity index (χ0) is 19.0. The number of likely N-dealkylation sites (tertiary alicyclic amines) is 1. The van der Waals surface area contributed by atoms with Gasteiger partial charge in [-0.15, -0.1) is 0 Å². The van der Waals surface area contributed by atoms with Crippen LogP contribution in [0.4, 0.5) is 4.79 Å². The highest BCUT2D eigenvalue weighted by molar-refractivity contribution is 5.81. The Balaban J connectivity index is 1.29. The van der Waals surface area contributed by atoms with Gasteiger partial charge in [0.15, 0.2) is 0 Å². The zero-order valence-corrected chi connectivity index (χ0v) is 16.4. The molecule has 2 saturated heterocycles. The van der Waals surface area contributed by atoms with Crippen molar-refractivity contribution in [1.29, 1.82) is 0 Å². The predicted octanol–water partition coefficient (Wildman–Crippen LogP) is 3.65. The molecule has 0 bridgehead atoms. The smallest absolute Gasteiger partial charge is 0.407 e. The first-order valence-electron chi connectivity index (χ1n) is 10.2. The fourth-order valence-corrected chi connectivity index (χ4v) is 4.89. The second-order valence-corrected chi connectivity index (χ2v) is 8.98. The topological polar surface area (TPSA) is 58.6 Å². The van der Waals surface area contributed by atoms with Gasteiger partial charge in [-0.2, -0.15) is 0 Å². The van der Waals surface area contributed by atoms with Crippen molar-refractivity contribution in [2.24, 2.45) is 11.3 Å². The van der Waals surface area contributed by atoms with Crippen molar-refractivity contribution in [2.75, 3.05) is 26.2 Å². The number of benzene rings is 1. The lowest BCUT2D eigenvalue weighted by molar-refractivity contribution is -0.156. The largest absolute Gasteiger partial charge is 0.450 e. The molecule has 27 heavy (non-hydrogen) atoms. The maximum atomic E-state index is 12.8. The van der Waals surface area contributed by atoms with Crippen LogP contribution in [0.5, 0.6) is 0 Å². The molecule has 1 atom stereocenters. The molecule has 0 aromatic heterocycles. The predicted molar refractivity (Wildman–Crippen MR) is 104 cm³/mol. The summed E-state index contributed by atoms with van der Waals surface area (Å²) in [6.45, 7) is 7.03. The summed E-state index contributed by atoms with van der Waals surface area (Å²) in [5.74, 6) is 1.30. The normalized spacial score (nSPS) is 25.1. The number of cyclic esters (lactones) is 1. The highest BCUT2D eigenvalue weighted by Crippen LogP contribution is 2.56. The Bertz CT molecular complexity index is 716. The van der Waals surface area contributed by atoms with E-state index < -0.39 is 6.09 Å². The number of hydrogen-bond acceptors (Lipinski definition) is 3. The highest BCUT2D eigenvalue weighted by atomic mass is 16.5. The van der Waals surface area contributed by atoms with Crippen molar-refractivity contribution in [3.05, 3.63) is 35.4 Å². The second kappa shape index (κ2) is 7.17. The van der Waals surface area contributed by atoms with E-state index in [1.807, 2.05) is 4.90 Å². The minimum Gasteiger partial charge on any atom is -0.450 e. The van der Waals surface area contributed by atoms with E-state index >= 15 is 0 Å². The molecule has 2 amide bonds. The van der Waals surface area contributed by atoms with E-state index in [4.69, 9.17) is 4.74 Å². The molecule has 2 heterocycles. The average Bonchev–Trinajstić information content (AvgIpc) is 2.56. The number of alkyl carbamates (subject to hydrolysis) is 1. The Morgan fingerprint density at radius 3 is 2.81 bits per heavy atom. The number of hydrogen-bond donors (Lipinski definition) is 1. The number of ether oxygens (including phenoxy) is 1. The third kappa shape index (κ3) is 3.69. The lowest BCUT2D eigenvalue weighted by Gasteiger charge is -2.59. The summed E-state index contributed by atoms with van der Waals surface area (Å²) in [6, 6.07) is 9.01. The lowest BCUT2D eigenvalue weighted by atomic mass is 9.56. The van der Waals surface area contributed by atoms with Crippen molar-refractivity contribution in [1.82, 2.24) is 10.2 Å². The van der Waals surface area contributed by atoms with Crippen LogP contribution in [0.3, 0.4) is 0 Å². The van der Waals surface area contributed by atoms with Crippen molar-refractivity contribution in [3.63, 3.8) is 0 Å². The molecule has 5 nitrogen and oxygen atoms in total. The third-order valence-electron chi connectivity index (χ3n) is 6.54. The van der Waals surface area contributed by atoms with Gasteiger partial charge in [-0.3, -0.25) is 4.79 Å². The van der Waals surface area contributed by atoms with E-state index in [0.29, 0.717) is 30.4 Å². The van der Waals surface area contributed by atoms with Gasteiger partial charge in [-0.05, 0) is 48.6 Å². The Morgan fingerprint density at radius 2 is 2.07 bits per heavy atom. The van der Waals surface area contributed by atoms with E-state index in [1.165, 1.54) is 24.0 Å². The first-order valence-corrected chi connectivity index (χ1v) is 10.2. The molecule has 1 aromatic carbocycles. The van der Waals surface area contributed by atoms with Crippen LogP contribution < -0.4 is 5.32 Å². The summed E-state index contributed by atoms with van der Waals surface area (Å²) in [5, 5.41) is 2.70. The van der Waals surface area contributed by atoms with Crippen molar-refractivity contribution in [3.8, 4) is 0 Å². The number of carbonyl (C=O) groups excluding carboxylic acids is 2. The highest BCUT2D eigenvalue weighted by Gasteiger charge is 2.54. The molecule has 146 valence electrons. The molecular weight excluding hydrogens is 340 g/mol. The van der Waals surface area contributed by atoms with Crippen LogP contribution in [-0.2, 0) is 9.53 Å². The van der Waals surface area contributed by atoms with Crippen molar-refractivity contribution < 1.29 is 14.3 Å². The second-order valence-electron chi connectivity index (χ2n) is 8.98. The minimum absolute atomic E-state index is 0.103. The molecule has 4 rings (SSSR count). The van der Waals surface area contributed by atoms with Gasteiger partial charge in [0, 0.05) is 25.0 Å². The monoisotopic (exact) mass is 370 g/mol. The van der Waals surface area contributed by atoms with Crippen LogP contribution in [0.15, 0.2) is 24.3 Å². The van der Waals surface area contributed by atoms with E-state index in [1.54, 1.807) is 0 Å². The van der Waals surface area contributed by atoms with Gasteiger partial charge < -0.3 is 15.0 Å². The summed E-state index contributed by atoms with van der Waals surface area (Å²) >= 11 is 0. The molecule has 3 fully saturated rings. The number of rotatable bonds is 3. The summed E-state index contributed by atoms with van der Waals surface area (Å²) in [4.78, 5) is 26.2. The van der Waals surface area contributed by atoms with Gasteiger partial charge in [0.25, 0.3) is 0 Å². The zero-order valence-electron chi connectivity index (χ0n) is 16.4. The van der Waals surface area contributed by atoms with E-state index in [0.717, 1.165) is 25.9 Å². The third-order valence-corrected chi connectivity index (χ3v) is 6.54. The van der Waals surface area contributed by atoms with Crippen LogP contribution in [-0.4, -0.2) is 43.1 Å². The number of nitrogens with one attached hydrogen (secondary N) is 1. The van der Waals surface area contributed by atoms with E-state index in [9.17, 15) is 9.59 Å². The molecule has 1 spiro atoms. The lowest BCUT2D eigenvalue weighted by Crippen LogP contribution is -2.64. The van der Waals surface area contributed by atoms with Gasteiger partial charge in [-0.25, -0.2) is 4.79 Å². The summed E-state index contributed by atoms with van der Waals surface area (Å²) in [6.07, 6.45) is 3.52. The average molecular weight is 370 g/mol. The van der Waals surface area contributed by atoms with Crippen LogP contribution in [0.2, 0.25) is 0 Å². The molecule has 1 aliphatic carbocycles. The van der Waals surface area contributed by atoms with Gasteiger partial charge in [0.2, 0.25) is 5.91 Å². The van der Waals surface area contributed by atoms with Crippen LogP contribution in [0.25, 0.3) is 0 Å². The molecule has 1 aromatic rings. The Morgan fingerprint density at radius 1 is 1.30 bits per heavy atom. The van der Waals surface area contributed by atoms with Gasteiger partial charge >= 0.3 is 6.09 Å². The number of carbonyl (C=O) groups is 2. The number of amides is 2. The maximum Gasteiger partial charge on any atom is 0.407 e. The van der Waals surface area contributed by atoms with Crippen LogP contribution in [0, 0.1) is 11.3 Å². The maximum absolute atomic E-state index is 12.8. The molecular formula is C22H30N2O3.